The smallest absolute Gasteiger partial charge is 0.177 e. The van der Waals surface area contributed by atoms with Crippen LogP contribution in [0.4, 0.5) is 0 Å². The summed E-state index contributed by atoms with van der Waals surface area (Å²) < 4.78 is 1.83. The molecule has 5 heteroatoms. The standard InChI is InChI=1S/C5H7N5/c1-6-10-5-2-7-3-9(5)4-8-10/h2-4,6H,1H3. The Morgan fingerprint density at radius 2 is 2.40 bits per heavy atom. The van der Waals surface area contributed by atoms with Gasteiger partial charge in [0.05, 0.1) is 6.20 Å². The molecule has 2 aromatic heterocycles. The van der Waals surface area contributed by atoms with Gasteiger partial charge in [0.15, 0.2) is 5.65 Å². The fourth-order valence-corrected chi connectivity index (χ4v) is 0.889. The largest absolute Gasteiger partial charge is 0.311 e. The Bertz CT molecular complexity index is 332. The maximum atomic E-state index is 4.00. The van der Waals surface area contributed by atoms with Gasteiger partial charge < -0.3 is 5.43 Å². The van der Waals surface area contributed by atoms with Gasteiger partial charge in [-0.15, -0.1) is 5.10 Å². The topological polar surface area (TPSA) is 47.2 Å². The van der Waals surface area contributed by atoms with Crippen molar-refractivity contribution in [2.45, 2.75) is 0 Å². The Labute approximate surface area is 57.3 Å². The zero-order chi connectivity index (χ0) is 6.97. The zero-order valence-electron chi connectivity index (χ0n) is 5.52. The maximum Gasteiger partial charge on any atom is 0.177 e. The molecule has 52 valence electrons. The number of hydrogen-bond acceptors (Lipinski definition) is 3. The summed E-state index contributed by atoms with van der Waals surface area (Å²) in [4.78, 5) is 5.58. The van der Waals surface area contributed by atoms with Crippen molar-refractivity contribution in [1.29, 1.82) is 0 Å². The summed E-state index contributed by atoms with van der Waals surface area (Å²) in [6.07, 6.45) is 5.14. The molecule has 5 nitrogen and oxygen atoms in total. The van der Waals surface area contributed by atoms with Crippen LogP contribution in [-0.4, -0.2) is 26.3 Å². The minimum Gasteiger partial charge on any atom is -0.311 e. The number of nitrogens with one attached hydrogen (secondary N) is 1. The predicted molar refractivity (Wildman–Crippen MR) is 36.3 cm³/mol. The quantitative estimate of drug-likeness (QED) is 0.587. The van der Waals surface area contributed by atoms with E-state index in [0.29, 0.717) is 0 Å². The Kier molecular flexibility index (Phi) is 0.913. The third-order valence-electron chi connectivity index (χ3n) is 1.37. The Hall–Kier alpha value is -1.52. The predicted octanol–water partition coefficient (Wildman–Crippen LogP) is -0.296. The number of rotatable bonds is 1. The molecule has 2 heterocycles. The number of nitrogens with zero attached hydrogens (tertiary/aromatic N) is 4. The number of fused-ring (bicyclic) bond motifs is 1. The molecule has 0 unspecified atom stereocenters. The van der Waals surface area contributed by atoms with Gasteiger partial charge in [0.2, 0.25) is 0 Å². The van der Waals surface area contributed by atoms with E-state index in [1.165, 1.54) is 0 Å². The monoisotopic (exact) mass is 137 g/mol. The number of imidazole rings is 1. The molecule has 0 atom stereocenters. The second-order valence-corrected chi connectivity index (χ2v) is 1.93. The fraction of sp³-hybridized carbons (Fsp3) is 0.200. The third kappa shape index (κ3) is 0.513. The normalized spacial score (nSPS) is 10.5. The highest BCUT2D eigenvalue weighted by atomic mass is 15.6. The Balaban J connectivity index is 2.76. The van der Waals surface area contributed by atoms with Crippen LogP contribution < -0.4 is 5.43 Å². The number of hydrogen-bond donors (Lipinski definition) is 1. The van der Waals surface area contributed by atoms with E-state index in [1.54, 1.807) is 30.7 Å². The lowest BCUT2D eigenvalue weighted by molar-refractivity contribution is 0.809. The maximum absolute atomic E-state index is 4.00. The lowest BCUT2D eigenvalue weighted by Gasteiger charge is -1.94. The molecule has 0 saturated carbocycles. The summed E-state index contributed by atoms with van der Waals surface area (Å²) >= 11 is 0. The molecule has 0 amide bonds. The molecular weight excluding hydrogens is 130 g/mol. The molecule has 0 aliphatic rings. The van der Waals surface area contributed by atoms with Crippen LogP contribution in [0.25, 0.3) is 5.65 Å². The summed E-state index contributed by atoms with van der Waals surface area (Å²) in [5.74, 6) is 0. The first-order valence-corrected chi connectivity index (χ1v) is 2.95. The van der Waals surface area contributed by atoms with Crippen LogP contribution in [0.3, 0.4) is 0 Å². The van der Waals surface area contributed by atoms with Crippen molar-refractivity contribution in [1.82, 2.24) is 19.3 Å². The van der Waals surface area contributed by atoms with Crippen molar-refractivity contribution < 1.29 is 0 Å². The molecule has 0 aliphatic carbocycles. The minimum atomic E-state index is 0.933. The lowest BCUT2D eigenvalue weighted by atomic mass is 10.8. The minimum absolute atomic E-state index is 0.933. The van der Waals surface area contributed by atoms with Gasteiger partial charge in [0.1, 0.15) is 12.7 Å². The molecule has 0 fully saturated rings. The van der Waals surface area contributed by atoms with E-state index >= 15 is 0 Å². The molecule has 10 heavy (non-hydrogen) atoms. The van der Waals surface area contributed by atoms with E-state index in [9.17, 15) is 0 Å². The summed E-state index contributed by atoms with van der Waals surface area (Å²) in [5, 5.41) is 4.00. The molecule has 2 aromatic rings. The van der Waals surface area contributed by atoms with Crippen molar-refractivity contribution in [3.63, 3.8) is 0 Å². The third-order valence-corrected chi connectivity index (χ3v) is 1.37. The first-order chi connectivity index (χ1) is 4.92. The first-order valence-electron chi connectivity index (χ1n) is 2.95. The van der Waals surface area contributed by atoms with Gasteiger partial charge in [0.25, 0.3) is 0 Å². The van der Waals surface area contributed by atoms with Crippen LogP contribution in [0.15, 0.2) is 18.9 Å². The van der Waals surface area contributed by atoms with Gasteiger partial charge in [-0.1, -0.05) is 0 Å². The lowest BCUT2D eigenvalue weighted by Crippen LogP contribution is -2.09. The average Bonchev–Trinajstić information content (AvgIpc) is 2.44. The summed E-state index contributed by atoms with van der Waals surface area (Å²) in [7, 11) is 1.81. The van der Waals surface area contributed by atoms with E-state index in [1.807, 2.05) is 4.40 Å². The van der Waals surface area contributed by atoms with E-state index in [0.717, 1.165) is 5.65 Å². The highest BCUT2D eigenvalue weighted by Crippen LogP contribution is 1.96. The molecule has 0 saturated heterocycles. The van der Waals surface area contributed by atoms with Crippen molar-refractivity contribution >= 4 is 5.65 Å². The fourth-order valence-electron chi connectivity index (χ4n) is 0.889. The molecule has 2 rings (SSSR count). The van der Waals surface area contributed by atoms with E-state index in [2.05, 4.69) is 15.5 Å². The van der Waals surface area contributed by atoms with Gasteiger partial charge in [-0.05, 0) is 0 Å². The Morgan fingerprint density at radius 1 is 1.50 bits per heavy atom. The van der Waals surface area contributed by atoms with Gasteiger partial charge in [0, 0.05) is 7.05 Å². The van der Waals surface area contributed by atoms with Crippen molar-refractivity contribution in [3.05, 3.63) is 18.9 Å². The molecular formula is C5H7N5. The van der Waals surface area contributed by atoms with Crippen LogP contribution in [0, 0.1) is 0 Å². The van der Waals surface area contributed by atoms with Crippen LogP contribution in [0.1, 0.15) is 0 Å². The second kappa shape index (κ2) is 1.73. The van der Waals surface area contributed by atoms with Crippen LogP contribution in [-0.2, 0) is 0 Å². The van der Waals surface area contributed by atoms with Gasteiger partial charge in [-0.2, -0.15) is 4.79 Å². The van der Waals surface area contributed by atoms with Crippen molar-refractivity contribution in [2.75, 3.05) is 12.5 Å². The second-order valence-electron chi connectivity index (χ2n) is 1.93. The SMILES string of the molecule is CNn1ncn2cncc12. The van der Waals surface area contributed by atoms with Crippen LogP contribution in [0.2, 0.25) is 0 Å². The highest BCUT2D eigenvalue weighted by molar-refractivity contribution is 5.34. The average molecular weight is 137 g/mol. The molecule has 0 radical (unpaired) electrons. The highest BCUT2D eigenvalue weighted by Gasteiger charge is 1.97. The van der Waals surface area contributed by atoms with E-state index < -0.39 is 0 Å². The molecule has 1 N–H and O–H groups in total. The van der Waals surface area contributed by atoms with Gasteiger partial charge >= 0.3 is 0 Å². The Morgan fingerprint density at radius 3 is 3.20 bits per heavy atom. The van der Waals surface area contributed by atoms with Gasteiger partial charge in [-0.3, -0.25) is 4.40 Å². The van der Waals surface area contributed by atoms with Crippen LogP contribution >= 0.6 is 0 Å². The van der Waals surface area contributed by atoms with Crippen LogP contribution in [0.5, 0.6) is 0 Å². The summed E-state index contributed by atoms with van der Waals surface area (Å²) in [5.41, 5.74) is 3.81. The molecule has 0 spiro atoms. The van der Waals surface area contributed by atoms with E-state index in [-0.39, 0.29) is 0 Å². The van der Waals surface area contributed by atoms with Gasteiger partial charge in [-0.25, -0.2) is 4.98 Å². The van der Waals surface area contributed by atoms with E-state index in [4.69, 9.17) is 0 Å². The molecule has 0 aliphatic heterocycles. The molecule has 0 aromatic carbocycles. The number of aromatic nitrogens is 4. The zero-order valence-corrected chi connectivity index (χ0v) is 5.52. The first kappa shape index (κ1) is 5.28. The summed E-state index contributed by atoms with van der Waals surface area (Å²) in [6.45, 7) is 0. The van der Waals surface area contributed by atoms with Crippen molar-refractivity contribution in [2.24, 2.45) is 0 Å². The van der Waals surface area contributed by atoms with Crippen molar-refractivity contribution in [3.8, 4) is 0 Å². The summed E-state index contributed by atoms with van der Waals surface area (Å²) in [6, 6.07) is 0. The molecule has 0 bridgehead atoms.